The molecule has 3 heteroatoms. The number of allylic oxidation sites excluding steroid dienone is 1. The maximum Gasteiger partial charge on any atom is 0.233 e. The molecule has 0 spiro atoms. The van der Waals surface area contributed by atoms with Crippen LogP contribution in [0, 0.1) is 11.8 Å². The molecule has 2 unspecified atom stereocenters. The number of carbonyl (C=O) groups excluding carboxylic acids is 2. The van der Waals surface area contributed by atoms with Gasteiger partial charge in [-0.3, -0.25) is 14.5 Å². The van der Waals surface area contributed by atoms with Crippen molar-refractivity contribution < 1.29 is 9.59 Å². The zero-order chi connectivity index (χ0) is 13.5. The number of likely N-dealkylation sites (tertiary alicyclic amines) is 1. The molecule has 1 heterocycles. The highest BCUT2D eigenvalue weighted by Gasteiger charge is 2.40. The van der Waals surface area contributed by atoms with Crippen molar-refractivity contribution in [2.45, 2.75) is 52.4 Å². The van der Waals surface area contributed by atoms with Crippen molar-refractivity contribution >= 4 is 11.8 Å². The van der Waals surface area contributed by atoms with E-state index in [1.54, 1.807) is 0 Å². The van der Waals surface area contributed by atoms with Gasteiger partial charge >= 0.3 is 0 Å². The minimum atomic E-state index is -0.154. The molecule has 0 saturated carbocycles. The summed E-state index contributed by atoms with van der Waals surface area (Å²) < 4.78 is 0. The van der Waals surface area contributed by atoms with Crippen molar-refractivity contribution in [3.8, 4) is 0 Å². The van der Waals surface area contributed by atoms with Crippen molar-refractivity contribution in [2.75, 3.05) is 6.54 Å². The van der Waals surface area contributed by atoms with Gasteiger partial charge in [0.25, 0.3) is 0 Å². The van der Waals surface area contributed by atoms with Gasteiger partial charge in [0.15, 0.2) is 0 Å². The second-order valence-corrected chi connectivity index (χ2v) is 5.09. The Balaban J connectivity index is 2.61. The Morgan fingerprint density at radius 3 is 2.61 bits per heavy atom. The summed E-state index contributed by atoms with van der Waals surface area (Å²) in [5.74, 6) is 0.0192. The van der Waals surface area contributed by atoms with Crippen LogP contribution in [0.15, 0.2) is 12.7 Å². The summed E-state index contributed by atoms with van der Waals surface area (Å²) in [6, 6.07) is 0. The Hall–Kier alpha value is -1.12. The largest absolute Gasteiger partial charge is 0.282 e. The van der Waals surface area contributed by atoms with Gasteiger partial charge in [-0.25, -0.2) is 0 Å². The van der Waals surface area contributed by atoms with E-state index >= 15 is 0 Å². The van der Waals surface area contributed by atoms with Gasteiger partial charge in [-0.15, -0.1) is 6.58 Å². The van der Waals surface area contributed by atoms with Crippen molar-refractivity contribution in [2.24, 2.45) is 11.8 Å². The molecule has 1 saturated heterocycles. The van der Waals surface area contributed by atoms with Crippen LogP contribution in [0.1, 0.15) is 52.4 Å². The van der Waals surface area contributed by atoms with Crippen molar-refractivity contribution in [3.05, 3.63) is 12.7 Å². The number of nitrogens with zero attached hydrogens (tertiary/aromatic N) is 1. The van der Waals surface area contributed by atoms with Gasteiger partial charge in [-0.2, -0.15) is 0 Å². The first-order valence-corrected chi connectivity index (χ1v) is 7.12. The Kier molecular flexibility index (Phi) is 6.10. The summed E-state index contributed by atoms with van der Waals surface area (Å²) in [5.41, 5.74) is 0. The molecule has 18 heavy (non-hydrogen) atoms. The monoisotopic (exact) mass is 251 g/mol. The average molecular weight is 251 g/mol. The first kappa shape index (κ1) is 14.9. The van der Waals surface area contributed by atoms with Crippen molar-refractivity contribution in [1.82, 2.24) is 4.90 Å². The third kappa shape index (κ3) is 3.44. The molecule has 0 bridgehead atoms. The molecule has 0 aromatic rings. The lowest BCUT2D eigenvalue weighted by molar-refractivity contribution is -0.139. The van der Waals surface area contributed by atoms with Gasteiger partial charge in [-0.05, 0) is 18.8 Å². The molecule has 102 valence electrons. The second-order valence-electron chi connectivity index (χ2n) is 5.09. The van der Waals surface area contributed by atoms with Crippen LogP contribution in [-0.4, -0.2) is 23.3 Å². The van der Waals surface area contributed by atoms with Gasteiger partial charge in [-0.1, -0.05) is 39.2 Å². The zero-order valence-electron chi connectivity index (χ0n) is 11.7. The van der Waals surface area contributed by atoms with E-state index in [0.717, 1.165) is 19.3 Å². The Labute approximate surface area is 110 Å². The minimum absolute atomic E-state index is 0.00538. The van der Waals surface area contributed by atoms with Gasteiger partial charge in [0.1, 0.15) is 0 Å². The van der Waals surface area contributed by atoms with Gasteiger partial charge in [0, 0.05) is 13.0 Å². The highest BCUT2D eigenvalue weighted by molar-refractivity contribution is 6.03. The van der Waals surface area contributed by atoms with E-state index in [9.17, 15) is 9.59 Å². The summed E-state index contributed by atoms with van der Waals surface area (Å²) in [6.07, 6.45) is 7.50. The molecule has 0 aromatic carbocycles. The molecule has 1 rings (SSSR count). The van der Waals surface area contributed by atoms with Crippen LogP contribution in [-0.2, 0) is 9.59 Å². The number of hydrogen-bond donors (Lipinski definition) is 0. The van der Waals surface area contributed by atoms with Gasteiger partial charge < -0.3 is 0 Å². The first-order valence-electron chi connectivity index (χ1n) is 7.12. The Bertz CT molecular complexity index is 312. The topological polar surface area (TPSA) is 37.4 Å². The predicted molar refractivity (Wildman–Crippen MR) is 72.9 cm³/mol. The molecule has 0 radical (unpaired) electrons. The smallest absolute Gasteiger partial charge is 0.233 e. The zero-order valence-corrected chi connectivity index (χ0v) is 11.7. The lowest BCUT2D eigenvalue weighted by Crippen LogP contribution is -2.32. The summed E-state index contributed by atoms with van der Waals surface area (Å²) in [7, 11) is 0. The molecule has 0 N–H and O–H groups in total. The SMILES string of the molecule is C=CC(CCCCC)C1CC(=O)N(CCC)C1=O. The molecule has 2 amide bonds. The summed E-state index contributed by atoms with van der Waals surface area (Å²) in [5, 5.41) is 0. The Morgan fingerprint density at radius 2 is 2.06 bits per heavy atom. The van der Waals surface area contributed by atoms with Crippen molar-refractivity contribution in [3.63, 3.8) is 0 Å². The van der Waals surface area contributed by atoms with E-state index in [0.29, 0.717) is 13.0 Å². The Morgan fingerprint density at radius 1 is 1.33 bits per heavy atom. The van der Waals surface area contributed by atoms with E-state index in [1.165, 1.54) is 17.7 Å². The molecular formula is C15H25NO2. The van der Waals surface area contributed by atoms with Crippen LogP contribution in [0.4, 0.5) is 0 Å². The third-order valence-corrected chi connectivity index (χ3v) is 3.69. The van der Waals surface area contributed by atoms with E-state index in [2.05, 4.69) is 13.5 Å². The van der Waals surface area contributed by atoms with E-state index in [1.807, 2.05) is 13.0 Å². The molecule has 0 aromatic heterocycles. The maximum absolute atomic E-state index is 12.2. The number of amides is 2. The number of imide groups is 1. The van der Waals surface area contributed by atoms with Gasteiger partial charge in [0.05, 0.1) is 5.92 Å². The molecule has 3 nitrogen and oxygen atoms in total. The van der Waals surface area contributed by atoms with Crippen LogP contribution in [0.25, 0.3) is 0 Å². The summed E-state index contributed by atoms with van der Waals surface area (Å²) in [4.78, 5) is 25.4. The quantitative estimate of drug-likeness (QED) is 0.377. The van der Waals surface area contributed by atoms with E-state index in [4.69, 9.17) is 0 Å². The normalized spacial score (nSPS) is 21.4. The van der Waals surface area contributed by atoms with Crippen LogP contribution in [0.5, 0.6) is 0 Å². The molecular weight excluding hydrogens is 226 g/mol. The fourth-order valence-electron chi connectivity index (χ4n) is 2.62. The maximum atomic E-state index is 12.2. The highest BCUT2D eigenvalue weighted by atomic mass is 16.2. The van der Waals surface area contributed by atoms with Crippen LogP contribution in [0.3, 0.4) is 0 Å². The molecule has 1 fully saturated rings. The molecule has 1 aliphatic heterocycles. The van der Waals surface area contributed by atoms with Gasteiger partial charge in [0.2, 0.25) is 11.8 Å². The lowest BCUT2D eigenvalue weighted by atomic mass is 9.86. The first-order chi connectivity index (χ1) is 8.65. The van der Waals surface area contributed by atoms with Crippen molar-refractivity contribution in [1.29, 1.82) is 0 Å². The van der Waals surface area contributed by atoms with Crippen LogP contribution < -0.4 is 0 Å². The third-order valence-electron chi connectivity index (χ3n) is 3.69. The molecule has 1 aliphatic rings. The minimum Gasteiger partial charge on any atom is -0.282 e. The number of hydrogen-bond acceptors (Lipinski definition) is 2. The predicted octanol–water partition coefficient (Wildman–Crippen LogP) is 3.15. The van der Waals surface area contributed by atoms with E-state index in [-0.39, 0.29) is 23.7 Å². The molecule has 0 aliphatic carbocycles. The number of carbonyl (C=O) groups is 2. The fourth-order valence-corrected chi connectivity index (χ4v) is 2.62. The number of rotatable bonds is 8. The second kappa shape index (κ2) is 7.34. The lowest BCUT2D eigenvalue weighted by Gasteiger charge is -2.19. The fraction of sp³-hybridized carbons (Fsp3) is 0.733. The van der Waals surface area contributed by atoms with E-state index < -0.39 is 0 Å². The highest BCUT2D eigenvalue weighted by Crippen LogP contribution is 2.31. The summed E-state index contributed by atoms with van der Waals surface area (Å²) in [6.45, 7) is 8.54. The summed E-state index contributed by atoms with van der Waals surface area (Å²) >= 11 is 0. The average Bonchev–Trinajstić information content (AvgIpc) is 2.63. The number of unbranched alkanes of at least 4 members (excludes halogenated alkanes) is 2. The van der Waals surface area contributed by atoms with Crippen LogP contribution >= 0.6 is 0 Å². The standard InChI is InChI=1S/C15H25NO2/c1-4-7-8-9-12(6-3)13-11-14(17)16(10-5-2)15(13)18/h6,12-13H,3-5,7-11H2,1-2H3. The molecule has 2 atom stereocenters. The van der Waals surface area contributed by atoms with Crippen LogP contribution in [0.2, 0.25) is 0 Å².